The van der Waals surface area contributed by atoms with Crippen LogP contribution in [-0.4, -0.2) is 28.1 Å². The van der Waals surface area contributed by atoms with E-state index < -0.39 is 11.5 Å². The Labute approximate surface area is 114 Å². The van der Waals surface area contributed by atoms with Gasteiger partial charge in [0.15, 0.2) is 0 Å². The van der Waals surface area contributed by atoms with Gasteiger partial charge in [0.25, 0.3) is 0 Å². The molecule has 2 heterocycles. The molecular weight excluding hydrogens is 302 g/mol. The number of thiophene rings is 1. The second-order valence-electron chi connectivity index (χ2n) is 4.65. The molecule has 5 heteroatoms. The maximum Gasteiger partial charge on any atom is 0.323 e. The Morgan fingerprint density at radius 2 is 2.41 bits per heavy atom. The Morgan fingerprint density at radius 3 is 3.00 bits per heavy atom. The number of carboxylic acid groups (broad SMARTS) is 1. The third kappa shape index (κ3) is 2.56. The van der Waals surface area contributed by atoms with Crippen LogP contribution in [0.1, 0.15) is 31.1 Å². The molecule has 94 valence electrons. The molecule has 1 saturated heterocycles. The monoisotopic (exact) mass is 317 g/mol. The van der Waals surface area contributed by atoms with E-state index in [0.29, 0.717) is 0 Å². The predicted octanol–water partition coefficient (Wildman–Crippen LogP) is 3.34. The van der Waals surface area contributed by atoms with E-state index in [4.69, 9.17) is 0 Å². The summed E-state index contributed by atoms with van der Waals surface area (Å²) in [7, 11) is 0. The molecule has 0 bridgehead atoms. The molecule has 1 atom stereocenters. The van der Waals surface area contributed by atoms with Crippen molar-refractivity contribution < 1.29 is 9.90 Å². The van der Waals surface area contributed by atoms with Crippen molar-refractivity contribution in [1.82, 2.24) is 4.90 Å². The van der Waals surface area contributed by atoms with E-state index in [-0.39, 0.29) is 0 Å². The first-order chi connectivity index (χ1) is 8.04. The van der Waals surface area contributed by atoms with Crippen molar-refractivity contribution >= 4 is 33.2 Å². The molecular formula is C12H16BrNO2S. The van der Waals surface area contributed by atoms with E-state index in [1.165, 1.54) is 4.88 Å². The normalized spacial score (nSPS) is 26.0. The Hall–Kier alpha value is -0.390. The van der Waals surface area contributed by atoms with Crippen LogP contribution in [0.4, 0.5) is 0 Å². The van der Waals surface area contributed by atoms with Crippen molar-refractivity contribution in [3.8, 4) is 0 Å². The highest BCUT2D eigenvalue weighted by Gasteiger charge is 2.41. The molecule has 0 aromatic carbocycles. The summed E-state index contributed by atoms with van der Waals surface area (Å²) in [5.41, 5.74) is -0.707. The van der Waals surface area contributed by atoms with Gasteiger partial charge in [-0.3, -0.25) is 9.69 Å². The Kier molecular flexibility index (Phi) is 3.90. The first-order valence-electron chi connectivity index (χ1n) is 5.74. The second kappa shape index (κ2) is 5.08. The van der Waals surface area contributed by atoms with E-state index in [1.807, 2.05) is 18.4 Å². The molecule has 1 aliphatic heterocycles. The molecule has 1 aliphatic rings. The highest BCUT2D eigenvalue weighted by molar-refractivity contribution is 9.10. The molecule has 0 saturated carbocycles. The maximum atomic E-state index is 11.4. The predicted molar refractivity (Wildman–Crippen MR) is 72.3 cm³/mol. The van der Waals surface area contributed by atoms with Crippen LogP contribution in [0.15, 0.2) is 15.9 Å². The van der Waals surface area contributed by atoms with Gasteiger partial charge in [-0.2, -0.15) is 0 Å². The number of halogens is 1. The topological polar surface area (TPSA) is 40.5 Å². The Morgan fingerprint density at radius 1 is 1.65 bits per heavy atom. The van der Waals surface area contributed by atoms with Crippen LogP contribution in [0, 0.1) is 0 Å². The first kappa shape index (κ1) is 13.1. The van der Waals surface area contributed by atoms with Gasteiger partial charge >= 0.3 is 5.97 Å². The van der Waals surface area contributed by atoms with Crippen molar-refractivity contribution in [2.45, 2.75) is 38.3 Å². The molecule has 0 amide bonds. The third-order valence-electron chi connectivity index (χ3n) is 3.53. The summed E-state index contributed by atoms with van der Waals surface area (Å²) in [6.07, 6.45) is 2.84. The maximum absolute atomic E-state index is 11.4. The van der Waals surface area contributed by atoms with E-state index in [0.717, 1.165) is 36.8 Å². The number of carboxylic acids is 1. The summed E-state index contributed by atoms with van der Waals surface area (Å²) in [4.78, 5) is 14.8. The lowest BCUT2D eigenvalue weighted by Crippen LogP contribution is -2.54. The summed E-state index contributed by atoms with van der Waals surface area (Å²) >= 11 is 5.18. The molecule has 0 radical (unpaired) electrons. The van der Waals surface area contributed by atoms with E-state index in [1.54, 1.807) is 11.3 Å². The molecule has 17 heavy (non-hydrogen) atoms. The lowest BCUT2D eigenvalue weighted by atomic mass is 9.88. The highest BCUT2D eigenvalue weighted by Crippen LogP contribution is 2.32. The van der Waals surface area contributed by atoms with Crippen LogP contribution in [0.25, 0.3) is 0 Å². The summed E-state index contributed by atoms with van der Waals surface area (Å²) in [6, 6.07) is 2.02. The number of rotatable bonds is 3. The number of carbonyl (C=O) groups is 1. The van der Waals surface area contributed by atoms with Crippen molar-refractivity contribution in [2.24, 2.45) is 0 Å². The van der Waals surface area contributed by atoms with Gasteiger partial charge in [0.2, 0.25) is 0 Å². The molecule has 0 spiro atoms. The van der Waals surface area contributed by atoms with Crippen molar-refractivity contribution in [3.63, 3.8) is 0 Å². The first-order valence-corrected chi connectivity index (χ1v) is 7.41. The van der Waals surface area contributed by atoms with Gasteiger partial charge in [0, 0.05) is 15.9 Å². The lowest BCUT2D eigenvalue weighted by Gasteiger charge is -2.41. The molecule has 0 aliphatic carbocycles. The van der Waals surface area contributed by atoms with Crippen LogP contribution in [0.2, 0.25) is 0 Å². The van der Waals surface area contributed by atoms with Gasteiger partial charge in [-0.05, 0) is 60.1 Å². The SMILES string of the molecule is CC1(C(=O)O)CCCCN1Cc1sccc1Br. The second-order valence-corrected chi connectivity index (χ2v) is 6.50. The average Bonchev–Trinajstić information content (AvgIpc) is 2.68. The average molecular weight is 318 g/mol. The zero-order chi connectivity index (χ0) is 12.5. The fourth-order valence-corrected chi connectivity index (χ4v) is 3.78. The standard InChI is InChI=1S/C12H16BrNO2S/c1-12(11(15)16)5-2-3-6-14(12)8-10-9(13)4-7-17-10/h4,7H,2-3,5-6,8H2,1H3,(H,15,16). The Bertz CT molecular complexity index is 420. The van der Waals surface area contributed by atoms with Gasteiger partial charge in [-0.1, -0.05) is 0 Å². The van der Waals surface area contributed by atoms with Gasteiger partial charge in [0.1, 0.15) is 5.54 Å². The molecule has 1 fully saturated rings. The minimum Gasteiger partial charge on any atom is -0.480 e. The molecule has 1 aromatic rings. The summed E-state index contributed by atoms with van der Waals surface area (Å²) < 4.78 is 1.08. The lowest BCUT2D eigenvalue weighted by molar-refractivity contribution is -0.153. The quantitative estimate of drug-likeness (QED) is 0.929. The van der Waals surface area contributed by atoms with Crippen molar-refractivity contribution in [1.29, 1.82) is 0 Å². The van der Waals surface area contributed by atoms with Crippen LogP contribution >= 0.6 is 27.3 Å². The zero-order valence-corrected chi connectivity index (χ0v) is 12.2. The number of aliphatic carboxylic acids is 1. The Balaban J connectivity index is 2.18. The molecule has 1 N–H and O–H groups in total. The van der Waals surface area contributed by atoms with Crippen LogP contribution in [-0.2, 0) is 11.3 Å². The molecule has 2 rings (SSSR count). The fraction of sp³-hybridized carbons (Fsp3) is 0.583. The number of hydrogen-bond donors (Lipinski definition) is 1. The fourth-order valence-electron chi connectivity index (χ4n) is 2.28. The third-order valence-corrected chi connectivity index (χ3v) is 5.44. The zero-order valence-electron chi connectivity index (χ0n) is 9.78. The molecule has 3 nitrogen and oxygen atoms in total. The van der Waals surface area contributed by atoms with Crippen LogP contribution in [0.3, 0.4) is 0 Å². The number of piperidine rings is 1. The van der Waals surface area contributed by atoms with Crippen molar-refractivity contribution in [2.75, 3.05) is 6.54 Å². The number of hydrogen-bond acceptors (Lipinski definition) is 3. The molecule has 1 unspecified atom stereocenters. The van der Waals surface area contributed by atoms with Gasteiger partial charge in [0.05, 0.1) is 0 Å². The summed E-state index contributed by atoms with van der Waals surface area (Å²) in [5.74, 6) is -0.704. The smallest absolute Gasteiger partial charge is 0.323 e. The van der Waals surface area contributed by atoms with Gasteiger partial charge < -0.3 is 5.11 Å². The highest BCUT2D eigenvalue weighted by atomic mass is 79.9. The minimum absolute atomic E-state index is 0.704. The minimum atomic E-state index is -0.707. The van der Waals surface area contributed by atoms with E-state index in [9.17, 15) is 9.90 Å². The van der Waals surface area contributed by atoms with Crippen molar-refractivity contribution in [3.05, 3.63) is 20.8 Å². The number of likely N-dealkylation sites (tertiary alicyclic amines) is 1. The van der Waals surface area contributed by atoms with Crippen LogP contribution < -0.4 is 0 Å². The van der Waals surface area contributed by atoms with E-state index >= 15 is 0 Å². The summed E-state index contributed by atoms with van der Waals surface area (Å²) in [6.45, 7) is 3.43. The van der Waals surface area contributed by atoms with E-state index in [2.05, 4.69) is 20.8 Å². The molecule has 1 aromatic heterocycles. The summed E-state index contributed by atoms with van der Waals surface area (Å²) in [5, 5.41) is 11.4. The van der Waals surface area contributed by atoms with Gasteiger partial charge in [-0.25, -0.2) is 0 Å². The van der Waals surface area contributed by atoms with Crippen LogP contribution in [0.5, 0.6) is 0 Å². The van der Waals surface area contributed by atoms with Gasteiger partial charge in [-0.15, -0.1) is 11.3 Å². The number of nitrogens with zero attached hydrogens (tertiary/aromatic N) is 1. The largest absolute Gasteiger partial charge is 0.480 e.